The number of alkyl halides is 3. The van der Waals surface area contributed by atoms with Crippen molar-refractivity contribution in [3.63, 3.8) is 0 Å². The zero-order valence-electron chi connectivity index (χ0n) is 17.6. The van der Waals surface area contributed by atoms with E-state index in [0.717, 1.165) is 12.4 Å². The summed E-state index contributed by atoms with van der Waals surface area (Å²) >= 11 is 0. The van der Waals surface area contributed by atoms with E-state index in [-0.39, 0.29) is 30.0 Å². The van der Waals surface area contributed by atoms with Crippen molar-refractivity contribution in [2.45, 2.75) is 38.5 Å². The zero-order valence-corrected chi connectivity index (χ0v) is 19.9. The minimum atomic E-state index is -4.16. The van der Waals surface area contributed by atoms with Crippen LogP contribution >= 0.6 is 24.0 Å². The zero-order chi connectivity index (χ0) is 21.4. The van der Waals surface area contributed by atoms with E-state index in [9.17, 15) is 13.2 Å². The van der Waals surface area contributed by atoms with Crippen molar-refractivity contribution in [3.05, 3.63) is 54.1 Å². The number of benzene rings is 1. The van der Waals surface area contributed by atoms with Crippen LogP contribution in [-0.2, 0) is 13.0 Å². The van der Waals surface area contributed by atoms with Gasteiger partial charge in [-0.2, -0.15) is 13.2 Å². The number of imidazole rings is 1. The molecule has 2 heterocycles. The third-order valence-corrected chi connectivity index (χ3v) is 4.96. The van der Waals surface area contributed by atoms with Crippen LogP contribution in [0, 0.1) is 0 Å². The Morgan fingerprint density at radius 2 is 2.03 bits per heavy atom. The largest absolute Gasteiger partial charge is 0.401 e. The lowest BCUT2D eigenvalue weighted by atomic mass is 10.2. The maximum atomic E-state index is 12.6. The highest BCUT2D eigenvalue weighted by atomic mass is 127. The normalized spacial score (nSPS) is 17.4. The quantitative estimate of drug-likeness (QED) is 0.301. The van der Waals surface area contributed by atoms with Gasteiger partial charge in [-0.15, -0.1) is 24.0 Å². The van der Waals surface area contributed by atoms with Gasteiger partial charge in [-0.3, -0.25) is 9.89 Å². The first kappa shape index (κ1) is 25.4. The minimum absolute atomic E-state index is 0. The number of hydrogen-bond donors (Lipinski definition) is 2. The van der Waals surface area contributed by atoms with Gasteiger partial charge in [0.15, 0.2) is 5.96 Å². The van der Waals surface area contributed by atoms with E-state index >= 15 is 0 Å². The van der Waals surface area contributed by atoms with E-state index in [2.05, 4.69) is 37.3 Å². The fourth-order valence-electron chi connectivity index (χ4n) is 3.62. The summed E-state index contributed by atoms with van der Waals surface area (Å²) < 4.78 is 39.9. The number of rotatable bonds is 8. The molecule has 6 nitrogen and oxygen atoms in total. The Kier molecular flexibility index (Phi) is 10.1. The van der Waals surface area contributed by atoms with Crippen molar-refractivity contribution in [2.24, 2.45) is 4.99 Å². The average Bonchev–Trinajstić information content (AvgIpc) is 3.31. The number of aliphatic imine (C=N–C) groups is 1. The monoisotopic (exact) mass is 550 g/mol. The first-order valence-electron chi connectivity index (χ1n) is 10.3. The molecule has 2 aromatic rings. The van der Waals surface area contributed by atoms with Crippen LogP contribution in [0.25, 0.3) is 0 Å². The maximum Gasteiger partial charge on any atom is 0.401 e. The summed E-state index contributed by atoms with van der Waals surface area (Å²) in [7, 11) is 0. The summed E-state index contributed by atoms with van der Waals surface area (Å²) in [6.07, 6.45) is 0.945. The van der Waals surface area contributed by atoms with Gasteiger partial charge in [0.25, 0.3) is 0 Å². The summed E-state index contributed by atoms with van der Waals surface area (Å²) in [5, 5.41) is 6.45. The van der Waals surface area contributed by atoms with Crippen molar-refractivity contribution in [2.75, 3.05) is 32.7 Å². The molecule has 0 radical (unpaired) electrons. The van der Waals surface area contributed by atoms with E-state index < -0.39 is 12.7 Å². The Morgan fingerprint density at radius 3 is 2.74 bits per heavy atom. The van der Waals surface area contributed by atoms with Crippen molar-refractivity contribution in [1.29, 1.82) is 0 Å². The molecule has 172 valence electrons. The second-order valence-electron chi connectivity index (χ2n) is 7.45. The van der Waals surface area contributed by atoms with Crippen LogP contribution in [0.3, 0.4) is 0 Å². The molecule has 0 bridgehead atoms. The Hall–Kier alpha value is -1.82. The van der Waals surface area contributed by atoms with Gasteiger partial charge in [0, 0.05) is 57.6 Å². The number of aromatic nitrogens is 2. The summed E-state index contributed by atoms with van der Waals surface area (Å²) in [5.41, 5.74) is 1.21. The van der Waals surface area contributed by atoms with E-state index in [0.29, 0.717) is 45.0 Å². The standard InChI is InChI=1S/C21H29F3N6.HI/c1-2-25-20(28-18-9-12-29(15-18)16-21(22,23)24)27-10-8-19-26-11-13-30(19)14-17-6-4-3-5-7-17;/h3-7,11,13,18H,2,8-10,12,14-16H2,1H3,(H2,25,27,28);1H. The Bertz CT molecular complexity index is 809. The lowest BCUT2D eigenvalue weighted by Gasteiger charge is -2.19. The van der Waals surface area contributed by atoms with Crippen molar-refractivity contribution >= 4 is 29.9 Å². The molecular weight excluding hydrogens is 520 g/mol. The minimum Gasteiger partial charge on any atom is -0.357 e. The lowest BCUT2D eigenvalue weighted by Crippen LogP contribution is -2.45. The molecule has 1 aromatic heterocycles. The van der Waals surface area contributed by atoms with E-state index in [4.69, 9.17) is 0 Å². The average molecular weight is 550 g/mol. The molecule has 10 heteroatoms. The molecule has 1 aliphatic heterocycles. The van der Waals surface area contributed by atoms with E-state index in [1.54, 1.807) is 6.20 Å². The second kappa shape index (κ2) is 12.3. The van der Waals surface area contributed by atoms with Gasteiger partial charge < -0.3 is 15.2 Å². The highest BCUT2D eigenvalue weighted by Gasteiger charge is 2.34. The number of nitrogens with zero attached hydrogens (tertiary/aromatic N) is 4. The molecule has 1 fully saturated rings. The first-order valence-corrected chi connectivity index (χ1v) is 10.3. The van der Waals surface area contributed by atoms with Crippen LogP contribution in [0.4, 0.5) is 13.2 Å². The summed E-state index contributed by atoms with van der Waals surface area (Å²) in [6.45, 7) is 3.90. The van der Waals surface area contributed by atoms with Crippen LogP contribution < -0.4 is 10.6 Å². The van der Waals surface area contributed by atoms with Crippen LogP contribution in [0.1, 0.15) is 24.7 Å². The van der Waals surface area contributed by atoms with E-state index in [1.165, 1.54) is 10.5 Å². The van der Waals surface area contributed by atoms with Gasteiger partial charge in [-0.1, -0.05) is 30.3 Å². The predicted octanol–water partition coefficient (Wildman–Crippen LogP) is 3.28. The molecular formula is C21H30F3IN6. The highest BCUT2D eigenvalue weighted by Crippen LogP contribution is 2.19. The summed E-state index contributed by atoms with van der Waals surface area (Å²) in [4.78, 5) is 10.5. The molecule has 31 heavy (non-hydrogen) atoms. The molecule has 1 aromatic carbocycles. The molecule has 3 rings (SSSR count). The van der Waals surface area contributed by atoms with Gasteiger partial charge in [0.05, 0.1) is 6.54 Å². The Morgan fingerprint density at radius 1 is 1.26 bits per heavy atom. The van der Waals surface area contributed by atoms with Crippen molar-refractivity contribution < 1.29 is 13.2 Å². The molecule has 0 aliphatic carbocycles. The van der Waals surface area contributed by atoms with Crippen molar-refractivity contribution in [1.82, 2.24) is 25.1 Å². The molecule has 1 atom stereocenters. The maximum absolute atomic E-state index is 12.6. The SMILES string of the molecule is CCNC(=NCCc1nccn1Cc1ccccc1)NC1CCN(CC(F)(F)F)C1.I. The third-order valence-electron chi connectivity index (χ3n) is 4.96. The fraction of sp³-hybridized carbons (Fsp3) is 0.524. The predicted molar refractivity (Wildman–Crippen MR) is 127 cm³/mol. The molecule has 0 amide bonds. The summed E-state index contributed by atoms with van der Waals surface area (Å²) in [6, 6.07) is 10.2. The fourth-order valence-corrected chi connectivity index (χ4v) is 3.62. The topological polar surface area (TPSA) is 57.5 Å². The molecule has 1 saturated heterocycles. The number of nitrogens with one attached hydrogen (secondary N) is 2. The molecule has 1 unspecified atom stereocenters. The number of halogens is 4. The molecule has 0 saturated carbocycles. The third kappa shape index (κ3) is 8.68. The number of hydrogen-bond acceptors (Lipinski definition) is 3. The molecule has 2 N–H and O–H groups in total. The van der Waals surface area contributed by atoms with E-state index in [1.807, 2.05) is 31.3 Å². The molecule has 1 aliphatic rings. The van der Waals surface area contributed by atoms with Crippen LogP contribution in [0.5, 0.6) is 0 Å². The smallest absolute Gasteiger partial charge is 0.357 e. The Balaban J connectivity index is 0.00000341. The second-order valence-corrected chi connectivity index (χ2v) is 7.45. The lowest BCUT2D eigenvalue weighted by molar-refractivity contribution is -0.143. The van der Waals surface area contributed by atoms with Crippen LogP contribution in [0.2, 0.25) is 0 Å². The van der Waals surface area contributed by atoms with Crippen molar-refractivity contribution in [3.8, 4) is 0 Å². The van der Waals surface area contributed by atoms with Gasteiger partial charge >= 0.3 is 6.18 Å². The van der Waals surface area contributed by atoms with Gasteiger partial charge in [-0.05, 0) is 18.9 Å². The van der Waals surface area contributed by atoms with Crippen LogP contribution in [0.15, 0.2) is 47.7 Å². The number of guanidine groups is 1. The van der Waals surface area contributed by atoms with Gasteiger partial charge in [0.1, 0.15) is 5.82 Å². The highest BCUT2D eigenvalue weighted by molar-refractivity contribution is 14.0. The number of likely N-dealkylation sites (tertiary alicyclic amines) is 1. The van der Waals surface area contributed by atoms with Crippen LogP contribution in [-0.4, -0.2) is 65.4 Å². The summed E-state index contributed by atoms with van der Waals surface area (Å²) in [5.74, 6) is 1.59. The van der Waals surface area contributed by atoms with Gasteiger partial charge in [-0.25, -0.2) is 4.98 Å². The first-order chi connectivity index (χ1) is 14.4. The van der Waals surface area contributed by atoms with Gasteiger partial charge in [0.2, 0.25) is 0 Å². The molecule has 0 spiro atoms. The Labute approximate surface area is 198 Å².